The summed E-state index contributed by atoms with van der Waals surface area (Å²) in [6.07, 6.45) is 0. The summed E-state index contributed by atoms with van der Waals surface area (Å²) in [4.78, 5) is 27.6. The number of carbonyl (C=O) groups excluding carboxylic acids is 2. The maximum absolute atomic E-state index is 13.0. The molecule has 1 saturated heterocycles. The number of nitrogens with zero attached hydrogens (tertiary/aromatic N) is 1. The number of nitrogens with one attached hydrogen (secondary N) is 1. The van der Waals surface area contributed by atoms with Gasteiger partial charge in [-0.1, -0.05) is 23.7 Å². The molecular formula is C22H25ClN2O3. The molecule has 2 unspecified atom stereocenters. The van der Waals surface area contributed by atoms with Gasteiger partial charge < -0.3 is 15.0 Å². The average molecular weight is 401 g/mol. The van der Waals surface area contributed by atoms with Gasteiger partial charge in [0, 0.05) is 35.6 Å². The fourth-order valence-corrected chi connectivity index (χ4v) is 3.74. The maximum Gasteiger partial charge on any atom is 0.253 e. The summed E-state index contributed by atoms with van der Waals surface area (Å²) < 4.78 is 5.34. The van der Waals surface area contributed by atoms with Gasteiger partial charge >= 0.3 is 0 Å². The maximum atomic E-state index is 13.0. The van der Waals surface area contributed by atoms with Gasteiger partial charge in [0.1, 0.15) is 5.75 Å². The van der Waals surface area contributed by atoms with E-state index in [0.717, 1.165) is 11.3 Å². The molecule has 1 aliphatic rings. The third kappa shape index (κ3) is 4.47. The molecule has 1 N–H and O–H groups in total. The fourth-order valence-electron chi connectivity index (χ4n) is 3.61. The molecule has 0 radical (unpaired) electrons. The third-order valence-electron chi connectivity index (χ3n) is 4.99. The highest BCUT2D eigenvalue weighted by Crippen LogP contribution is 2.35. The number of carbonyl (C=O) groups is 2. The van der Waals surface area contributed by atoms with Crippen LogP contribution in [-0.2, 0) is 4.79 Å². The van der Waals surface area contributed by atoms with Gasteiger partial charge in [-0.2, -0.15) is 0 Å². The largest absolute Gasteiger partial charge is 0.497 e. The molecule has 1 fully saturated rings. The third-order valence-corrected chi connectivity index (χ3v) is 5.24. The quantitative estimate of drug-likeness (QED) is 0.831. The average Bonchev–Trinajstić information content (AvgIpc) is 3.13. The van der Waals surface area contributed by atoms with Crippen LogP contribution < -0.4 is 10.1 Å². The molecule has 148 valence electrons. The molecule has 2 aromatic rings. The minimum Gasteiger partial charge on any atom is -0.497 e. The molecule has 5 nitrogen and oxygen atoms in total. The van der Waals surface area contributed by atoms with Gasteiger partial charge in [0.2, 0.25) is 5.91 Å². The van der Waals surface area contributed by atoms with Crippen LogP contribution in [-0.4, -0.2) is 43.0 Å². The summed E-state index contributed by atoms with van der Waals surface area (Å²) >= 11 is 5.93. The molecule has 3 rings (SSSR count). The van der Waals surface area contributed by atoms with E-state index >= 15 is 0 Å². The molecule has 0 bridgehead atoms. The van der Waals surface area contributed by atoms with Crippen LogP contribution in [0.5, 0.6) is 5.75 Å². The molecule has 2 atom stereocenters. The summed E-state index contributed by atoms with van der Waals surface area (Å²) in [6.45, 7) is 4.72. The molecule has 0 aromatic heterocycles. The van der Waals surface area contributed by atoms with E-state index in [4.69, 9.17) is 16.3 Å². The zero-order valence-corrected chi connectivity index (χ0v) is 17.1. The van der Waals surface area contributed by atoms with Crippen LogP contribution in [0, 0.1) is 5.92 Å². The highest BCUT2D eigenvalue weighted by atomic mass is 35.5. The van der Waals surface area contributed by atoms with Crippen molar-refractivity contribution < 1.29 is 14.3 Å². The second kappa shape index (κ2) is 8.65. The molecule has 0 saturated carbocycles. The Balaban J connectivity index is 1.88. The van der Waals surface area contributed by atoms with Gasteiger partial charge in [0.05, 0.1) is 13.0 Å². The first-order valence-electron chi connectivity index (χ1n) is 9.38. The van der Waals surface area contributed by atoms with E-state index in [9.17, 15) is 9.59 Å². The molecular weight excluding hydrogens is 376 g/mol. The van der Waals surface area contributed by atoms with Crippen molar-refractivity contribution in [3.63, 3.8) is 0 Å². The number of hydrogen-bond donors (Lipinski definition) is 1. The van der Waals surface area contributed by atoms with Gasteiger partial charge in [0.25, 0.3) is 5.91 Å². The van der Waals surface area contributed by atoms with E-state index in [-0.39, 0.29) is 29.7 Å². The zero-order valence-electron chi connectivity index (χ0n) is 16.3. The number of benzene rings is 2. The Hall–Kier alpha value is -2.53. The fraction of sp³-hybridized carbons (Fsp3) is 0.364. The first-order valence-corrected chi connectivity index (χ1v) is 9.76. The van der Waals surface area contributed by atoms with E-state index in [1.807, 2.05) is 38.1 Å². The lowest BCUT2D eigenvalue weighted by Crippen LogP contribution is -2.39. The number of rotatable bonds is 5. The van der Waals surface area contributed by atoms with Crippen LogP contribution in [0.4, 0.5) is 0 Å². The Morgan fingerprint density at radius 3 is 2.50 bits per heavy atom. The number of amides is 2. The highest BCUT2D eigenvalue weighted by Gasteiger charge is 2.40. The number of halogens is 1. The van der Waals surface area contributed by atoms with E-state index in [1.165, 1.54) is 0 Å². The lowest BCUT2D eigenvalue weighted by molar-refractivity contribution is -0.125. The van der Waals surface area contributed by atoms with Crippen molar-refractivity contribution in [1.29, 1.82) is 0 Å². The van der Waals surface area contributed by atoms with Gasteiger partial charge in [-0.05, 0) is 55.8 Å². The van der Waals surface area contributed by atoms with Crippen LogP contribution in [0.1, 0.15) is 35.7 Å². The zero-order chi connectivity index (χ0) is 20.3. The summed E-state index contributed by atoms with van der Waals surface area (Å²) in [5, 5.41) is 3.58. The van der Waals surface area contributed by atoms with Crippen LogP contribution in [0.3, 0.4) is 0 Å². The van der Waals surface area contributed by atoms with Crippen molar-refractivity contribution in [3.8, 4) is 5.75 Å². The number of methoxy groups -OCH3 is 1. The van der Waals surface area contributed by atoms with Gasteiger partial charge in [-0.25, -0.2) is 0 Å². The highest BCUT2D eigenvalue weighted by molar-refractivity contribution is 6.30. The van der Waals surface area contributed by atoms with Crippen LogP contribution >= 0.6 is 11.6 Å². The van der Waals surface area contributed by atoms with Crippen LogP contribution in [0.2, 0.25) is 5.02 Å². The number of hydrogen-bond acceptors (Lipinski definition) is 3. The molecule has 6 heteroatoms. The second-order valence-corrected chi connectivity index (χ2v) is 7.81. The predicted octanol–water partition coefficient (Wildman–Crippen LogP) is 3.73. The normalized spacial score (nSPS) is 19.0. The van der Waals surface area contributed by atoms with E-state index in [0.29, 0.717) is 23.7 Å². The number of ether oxygens (including phenoxy) is 1. The minimum atomic E-state index is -0.314. The second-order valence-electron chi connectivity index (χ2n) is 7.37. The van der Waals surface area contributed by atoms with E-state index in [2.05, 4.69) is 5.32 Å². The smallest absolute Gasteiger partial charge is 0.253 e. The first kappa shape index (κ1) is 20.2. The lowest BCUT2D eigenvalue weighted by atomic mass is 9.88. The van der Waals surface area contributed by atoms with Crippen molar-refractivity contribution in [2.75, 3.05) is 20.2 Å². The van der Waals surface area contributed by atoms with E-state index in [1.54, 1.807) is 36.3 Å². The Kier molecular flexibility index (Phi) is 6.25. The standard InChI is InChI=1S/C22H25ClN2O3/c1-14(2)24-21(26)20-13-25(22(27)15-7-9-17(23)10-8-15)12-19(20)16-5-4-6-18(11-16)28-3/h4-11,14,19-20H,12-13H2,1-3H3,(H,24,26). The summed E-state index contributed by atoms with van der Waals surface area (Å²) in [6, 6.07) is 14.6. The Morgan fingerprint density at radius 2 is 1.86 bits per heavy atom. The van der Waals surface area contributed by atoms with Crippen molar-refractivity contribution in [1.82, 2.24) is 10.2 Å². The monoisotopic (exact) mass is 400 g/mol. The topological polar surface area (TPSA) is 58.6 Å². The predicted molar refractivity (Wildman–Crippen MR) is 110 cm³/mol. The van der Waals surface area contributed by atoms with Crippen LogP contribution in [0.25, 0.3) is 0 Å². The van der Waals surface area contributed by atoms with E-state index < -0.39 is 0 Å². The minimum absolute atomic E-state index is 0.0331. The molecule has 2 aromatic carbocycles. The van der Waals surface area contributed by atoms with Gasteiger partial charge in [-0.3, -0.25) is 9.59 Å². The Morgan fingerprint density at radius 1 is 1.14 bits per heavy atom. The molecule has 0 aliphatic carbocycles. The molecule has 0 spiro atoms. The molecule has 28 heavy (non-hydrogen) atoms. The van der Waals surface area contributed by atoms with Crippen molar-refractivity contribution >= 4 is 23.4 Å². The molecule has 2 amide bonds. The summed E-state index contributed by atoms with van der Waals surface area (Å²) in [5.41, 5.74) is 1.56. The number of likely N-dealkylation sites (tertiary alicyclic amines) is 1. The first-order chi connectivity index (χ1) is 13.4. The van der Waals surface area contributed by atoms with Crippen molar-refractivity contribution in [3.05, 3.63) is 64.7 Å². The van der Waals surface area contributed by atoms with Gasteiger partial charge in [-0.15, -0.1) is 0 Å². The van der Waals surface area contributed by atoms with Gasteiger partial charge in [0.15, 0.2) is 0 Å². The lowest BCUT2D eigenvalue weighted by Gasteiger charge is -2.20. The molecule has 1 aliphatic heterocycles. The van der Waals surface area contributed by atoms with Crippen molar-refractivity contribution in [2.45, 2.75) is 25.8 Å². The Bertz CT molecular complexity index is 851. The Labute approximate surface area is 170 Å². The molecule has 1 heterocycles. The summed E-state index contributed by atoms with van der Waals surface area (Å²) in [5.74, 6) is 0.206. The SMILES string of the molecule is COc1cccc(C2CN(C(=O)c3ccc(Cl)cc3)CC2C(=O)NC(C)C)c1. The van der Waals surface area contributed by atoms with Crippen LogP contribution in [0.15, 0.2) is 48.5 Å². The summed E-state index contributed by atoms with van der Waals surface area (Å²) in [7, 11) is 1.62. The van der Waals surface area contributed by atoms with Crippen molar-refractivity contribution in [2.24, 2.45) is 5.92 Å².